The van der Waals surface area contributed by atoms with Crippen molar-refractivity contribution >= 4 is 17.5 Å². The molecule has 7 heteroatoms. The Morgan fingerprint density at radius 2 is 1.93 bits per heavy atom. The molecule has 1 unspecified atom stereocenters. The van der Waals surface area contributed by atoms with Crippen LogP contribution in [0.15, 0.2) is 65.2 Å². The molecule has 2 aromatic carbocycles. The highest BCUT2D eigenvalue weighted by Gasteiger charge is 2.34. The molecule has 0 radical (unpaired) electrons. The van der Waals surface area contributed by atoms with Gasteiger partial charge < -0.3 is 14.7 Å². The van der Waals surface area contributed by atoms with E-state index in [-0.39, 0.29) is 30.6 Å². The molecule has 4 rings (SSSR count). The molecule has 0 saturated carbocycles. The SMILES string of the molecule is O=C(NCc1cc(-c2ccc(F)cc2)on1)C1CC(=O)N(c2ccccc2)C1. The molecule has 28 heavy (non-hydrogen) atoms. The fraction of sp³-hybridized carbons (Fsp3) is 0.190. The number of halogens is 1. The van der Waals surface area contributed by atoms with Crippen molar-refractivity contribution in [2.24, 2.45) is 5.92 Å². The largest absolute Gasteiger partial charge is 0.356 e. The highest BCUT2D eigenvalue weighted by molar-refractivity contribution is 6.00. The Labute approximate surface area is 160 Å². The van der Waals surface area contributed by atoms with Crippen molar-refractivity contribution in [2.75, 3.05) is 11.4 Å². The van der Waals surface area contributed by atoms with E-state index in [1.165, 1.54) is 12.1 Å². The number of aromatic nitrogens is 1. The molecule has 1 N–H and O–H groups in total. The number of benzene rings is 2. The van der Waals surface area contributed by atoms with Crippen LogP contribution in [-0.4, -0.2) is 23.5 Å². The van der Waals surface area contributed by atoms with E-state index in [2.05, 4.69) is 10.5 Å². The maximum Gasteiger partial charge on any atom is 0.227 e. The minimum absolute atomic E-state index is 0.0635. The average Bonchev–Trinajstić information content (AvgIpc) is 3.34. The summed E-state index contributed by atoms with van der Waals surface area (Å²) in [5.74, 6) is -0.498. The van der Waals surface area contributed by atoms with Crippen LogP contribution in [0.5, 0.6) is 0 Å². The van der Waals surface area contributed by atoms with E-state index in [1.54, 1.807) is 23.1 Å². The molecule has 3 aromatic rings. The van der Waals surface area contributed by atoms with Crippen molar-refractivity contribution in [2.45, 2.75) is 13.0 Å². The van der Waals surface area contributed by atoms with Gasteiger partial charge in [0.25, 0.3) is 0 Å². The Morgan fingerprint density at radius 3 is 2.68 bits per heavy atom. The fourth-order valence-electron chi connectivity index (χ4n) is 3.21. The smallest absolute Gasteiger partial charge is 0.227 e. The first-order chi connectivity index (χ1) is 13.6. The molecule has 1 aromatic heterocycles. The molecular weight excluding hydrogens is 361 g/mol. The third kappa shape index (κ3) is 3.78. The van der Waals surface area contributed by atoms with Gasteiger partial charge in [0.05, 0.1) is 12.5 Å². The number of anilines is 1. The van der Waals surface area contributed by atoms with E-state index < -0.39 is 5.92 Å². The summed E-state index contributed by atoms with van der Waals surface area (Å²) in [6.45, 7) is 0.549. The Hall–Kier alpha value is -3.48. The number of nitrogens with one attached hydrogen (secondary N) is 1. The molecule has 1 atom stereocenters. The van der Waals surface area contributed by atoms with Gasteiger partial charge >= 0.3 is 0 Å². The molecule has 0 bridgehead atoms. The van der Waals surface area contributed by atoms with E-state index in [0.29, 0.717) is 23.6 Å². The van der Waals surface area contributed by atoms with Crippen LogP contribution in [0.25, 0.3) is 11.3 Å². The van der Waals surface area contributed by atoms with Crippen molar-refractivity contribution in [3.05, 3.63) is 72.2 Å². The molecule has 0 aliphatic carbocycles. The Balaban J connectivity index is 1.35. The maximum absolute atomic E-state index is 13.0. The van der Waals surface area contributed by atoms with Crippen molar-refractivity contribution in [3.8, 4) is 11.3 Å². The van der Waals surface area contributed by atoms with Crippen molar-refractivity contribution in [1.82, 2.24) is 10.5 Å². The van der Waals surface area contributed by atoms with Crippen LogP contribution in [0.1, 0.15) is 12.1 Å². The van der Waals surface area contributed by atoms with Gasteiger partial charge in [-0.05, 0) is 36.4 Å². The minimum Gasteiger partial charge on any atom is -0.356 e. The van der Waals surface area contributed by atoms with Gasteiger partial charge in [0.1, 0.15) is 11.5 Å². The molecule has 1 aliphatic rings. The first kappa shape index (κ1) is 17.9. The molecule has 0 spiro atoms. The third-order valence-corrected chi connectivity index (χ3v) is 4.70. The fourth-order valence-corrected chi connectivity index (χ4v) is 3.21. The maximum atomic E-state index is 13.0. The van der Waals surface area contributed by atoms with Crippen LogP contribution in [0, 0.1) is 11.7 Å². The van der Waals surface area contributed by atoms with Gasteiger partial charge in [-0.1, -0.05) is 23.4 Å². The molecule has 1 saturated heterocycles. The van der Waals surface area contributed by atoms with Crippen LogP contribution in [0.2, 0.25) is 0 Å². The number of amides is 2. The topological polar surface area (TPSA) is 75.4 Å². The second-order valence-corrected chi connectivity index (χ2v) is 6.65. The normalized spacial score (nSPS) is 16.4. The average molecular weight is 379 g/mol. The predicted molar refractivity (Wildman–Crippen MR) is 101 cm³/mol. The molecule has 2 amide bonds. The van der Waals surface area contributed by atoms with E-state index in [0.717, 1.165) is 5.69 Å². The van der Waals surface area contributed by atoms with E-state index in [1.807, 2.05) is 30.3 Å². The summed E-state index contributed by atoms with van der Waals surface area (Å²) in [5.41, 5.74) is 2.05. The lowest BCUT2D eigenvalue weighted by Gasteiger charge is -2.16. The number of para-hydroxylation sites is 1. The zero-order chi connectivity index (χ0) is 19.5. The van der Waals surface area contributed by atoms with Gasteiger partial charge in [0, 0.05) is 30.3 Å². The Bertz CT molecular complexity index is 986. The van der Waals surface area contributed by atoms with Crippen LogP contribution >= 0.6 is 0 Å². The Morgan fingerprint density at radius 1 is 1.18 bits per heavy atom. The highest BCUT2D eigenvalue weighted by Crippen LogP contribution is 2.25. The number of carbonyl (C=O) groups excluding carboxylic acids is 2. The minimum atomic E-state index is -0.406. The molecule has 1 fully saturated rings. The number of hydrogen-bond donors (Lipinski definition) is 1. The zero-order valence-corrected chi connectivity index (χ0v) is 15.0. The van der Waals surface area contributed by atoms with Crippen molar-refractivity contribution in [3.63, 3.8) is 0 Å². The van der Waals surface area contributed by atoms with Crippen molar-refractivity contribution < 1.29 is 18.5 Å². The molecule has 6 nitrogen and oxygen atoms in total. The van der Waals surface area contributed by atoms with Gasteiger partial charge in [0.15, 0.2) is 5.76 Å². The number of hydrogen-bond acceptors (Lipinski definition) is 4. The van der Waals surface area contributed by atoms with Crippen molar-refractivity contribution in [1.29, 1.82) is 0 Å². The number of carbonyl (C=O) groups is 2. The number of nitrogens with zero attached hydrogens (tertiary/aromatic N) is 2. The molecule has 142 valence electrons. The zero-order valence-electron chi connectivity index (χ0n) is 15.0. The highest BCUT2D eigenvalue weighted by atomic mass is 19.1. The molecule has 1 aliphatic heterocycles. The van der Waals surface area contributed by atoms with Crippen LogP contribution in [-0.2, 0) is 16.1 Å². The second kappa shape index (κ2) is 7.64. The van der Waals surface area contributed by atoms with Gasteiger partial charge in [0.2, 0.25) is 11.8 Å². The van der Waals surface area contributed by atoms with Gasteiger partial charge in [-0.3, -0.25) is 9.59 Å². The summed E-state index contributed by atoms with van der Waals surface area (Å²) in [5, 5.41) is 6.74. The lowest BCUT2D eigenvalue weighted by Crippen LogP contribution is -2.32. The summed E-state index contributed by atoms with van der Waals surface area (Å²) in [4.78, 5) is 26.3. The predicted octanol–water partition coefficient (Wildman–Crippen LogP) is 3.15. The first-order valence-corrected chi connectivity index (χ1v) is 8.95. The lowest BCUT2D eigenvalue weighted by molar-refractivity contribution is -0.126. The van der Waals surface area contributed by atoms with Crippen LogP contribution < -0.4 is 10.2 Å². The molecule has 2 heterocycles. The summed E-state index contributed by atoms with van der Waals surface area (Å²) in [7, 11) is 0. The quantitative estimate of drug-likeness (QED) is 0.739. The van der Waals surface area contributed by atoms with Gasteiger partial charge in [-0.25, -0.2) is 4.39 Å². The van der Waals surface area contributed by atoms with Gasteiger partial charge in [-0.2, -0.15) is 0 Å². The third-order valence-electron chi connectivity index (χ3n) is 4.70. The summed E-state index contributed by atoms with van der Waals surface area (Å²) < 4.78 is 18.3. The summed E-state index contributed by atoms with van der Waals surface area (Å²) in [6.07, 6.45) is 0.181. The first-order valence-electron chi connectivity index (χ1n) is 8.95. The van der Waals surface area contributed by atoms with E-state index in [9.17, 15) is 14.0 Å². The van der Waals surface area contributed by atoms with Crippen LogP contribution in [0.4, 0.5) is 10.1 Å². The summed E-state index contributed by atoms with van der Waals surface area (Å²) in [6, 6.07) is 16.9. The van der Waals surface area contributed by atoms with E-state index in [4.69, 9.17) is 4.52 Å². The number of rotatable bonds is 5. The molecular formula is C21H18FN3O3. The monoisotopic (exact) mass is 379 g/mol. The standard InChI is InChI=1S/C21H18FN3O3/c22-16-8-6-14(7-9-16)19-11-17(24-28-19)12-23-21(27)15-10-20(26)25(13-15)18-4-2-1-3-5-18/h1-9,11,15H,10,12-13H2,(H,23,27). The second-order valence-electron chi connectivity index (χ2n) is 6.65. The van der Waals surface area contributed by atoms with Gasteiger partial charge in [-0.15, -0.1) is 0 Å². The Kier molecular flexibility index (Phi) is 4.89. The van der Waals surface area contributed by atoms with Crippen LogP contribution in [0.3, 0.4) is 0 Å². The summed E-state index contributed by atoms with van der Waals surface area (Å²) >= 11 is 0. The van der Waals surface area contributed by atoms with E-state index >= 15 is 0 Å². The lowest BCUT2D eigenvalue weighted by atomic mass is 10.1.